The molecule has 2 amide bonds. The molecule has 4 rings (SSSR count). The Morgan fingerprint density at radius 1 is 1.00 bits per heavy atom. The summed E-state index contributed by atoms with van der Waals surface area (Å²) in [7, 11) is 0. The molecular formula is C18H17N3O2. The molecule has 23 heavy (non-hydrogen) atoms. The van der Waals surface area contributed by atoms with Crippen LogP contribution in [0.25, 0.3) is 5.69 Å². The minimum Gasteiger partial charge on any atom is -0.278 e. The molecule has 0 radical (unpaired) electrons. The molecule has 2 aromatic rings. The molecule has 1 saturated heterocycles. The minimum atomic E-state index is -0.157. The fraction of sp³-hybridized carbons (Fsp3) is 0.278. The van der Waals surface area contributed by atoms with E-state index in [1.165, 1.54) is 4.90 Å². The Morgan fingerprint density at radius 2 is 1.65 bits per heavy atom. The highest BCUT2D eigenvalue weighted by molar-refractivity contribution is 6.05. The van der Waals surface area contributed by atoms with Crippen molar-refractivity contribution in [2.75, 3.05) is 0 Å². The van der Waals surface area contributed by atoms with E-state index in [0.29, 0.717) is 19.4 Å². The number of carbonyl (C=O) groups excluding carboxylic acids is 2. The Bertz CT molecular complexity index is 736. The van der Waals surface area contributed by atoms with E-state index in [0.717, 1.165) is 11.3 Å². The number of likely N-dealkylation sites (tertiary alicyclic amines) is 1. The molecule has 116 valence electrons. The first-order chi connectivity index (χ1) is 11.2. The number of hydrogen-bond donors (Lipinski definition) is 0. The van der Waals surface area contributed by atoms with Crippen molar-refractivity contribution >= 4 is 11.8 Å². The molecular weight excluding hydrogens is 290 g/mol. The monoisotopic (exact) mass is 307 g/mol. The first-order valence-electron chi connectivity index (χ1n) is 7.83. The predicted octanol–water partition coefficient (Wildman–Crippen LogP) is 2.32. The third-order valence-electron chi connectivity index (χ3n) is 4.64. The molecule has 0 unspecified atom stereocenters. The Hall–Kier alpha value is -2.69. The highest BCUT2D eigenvalue weighted by Crippen LogP contribution is 2.35. The molecule has 0 spiro atoms. The number of nitrogens with zero attached hydrogens (tertiary/aromatic N) is 3. The summed E-state index contributed by atoms with van der Waals surface area (Å²) in [5, 5.41) is 4.18. The van der Waals surface area contributed by atoms with Crippen LogP contribution in [-0.4, -0.2) is 26.5 Å². The van der Waals surface area contributed by atoms with Crippen molar-refractivity contribution in [3.8, 4) is 5.69 Å². The Kier molecular flexibility index (Phi) is 3.33. The van der Waals surface area contributed by atoms with Gasteiger partial charge in [-0.3, -0.25) is 14.5 Å². The van der Waals surface area contributed by atoms with Crippen LogP contribution in [0.4, 0.5) is 0 Å². The molecule has 5 heteroatoms. The quantitative estimate of drug-likeness (QED) is 0.646. The van der Waals surface area contributed by atoms with Gasteiger partial charge in [-0.2, -0.15) is 5.10 Å². The normalized spacial score (nSPS) is 23.4. The van der Waals surface area contributed by atoms with Crippen LogP contribution in [0.2, 0.25) is 0 Å². The van der Waals surface area contributed by atoms with Crippen molar-refractivity contribution in [2.45, 2.75) is 19.4 Å². The average Bonchev–Trinajstić information content (AvgIpc) is 3.20. The summed E-state index contributed by atoms with van der Waals surface area (Å²) in [5.41, 5.74) is 1.91. The molecule has 2 heterocycles. The summed E-state index contributed by atoms with van der Waals surface area (Å²) in [4.78, 5) is 26.4. The van der Waals surface area contributed by atoms with Gasteiger partial charge < -0.3 is 0 Å². The van der Waals surface area contributed by atoms with Crippen LogP contribution >= 0.6 is 0 Å². The topological polar surface area (TPSA) is 55.2 Å². The second-order valence-corrected chi connectivity index (χ2v) is 6.04. The maximum absolute atomic E-state index is 12.5. The molecule has 0 N–H and O–H groups in total. The second-order valence-electron chi connectivity index (χ2n) is 6.04. The maximum Gasteiger partial charge on any atom is 0.233 e. The van der Waals surface area contributed by atoms with Crippen molar-refractivity contribution in [3.63, 3.8) is 0 Å². The molecule has 0 saturated carbocycles. The molecule has 2 aliphatic rings. The lowest BCUT2D eigenvalue weighted by molar-refractivity contribution is -0.140. The van der Waals surface area contributed by atoms with Gasteiger partial charge in [0.25, 0.3) is 0 Å². The predicted molar refractivity (Wildman–Crippen MR) is 84.5 cm³/mol. The number of imide groups is 1. The molecule has 5 nitrogen and oxygen atoms in total. The van der Waals surface area contributed by atoms with Crippen LogP contribution in [0.5, 0.6) is 0 Å². The van der Waals surface area contributed by atoms with E-state index in [1.54, 1.807) is 10.9 Å². The van der Waals surface area contributed by atoms with E-state index >= 15 is 0 Å². The van der Waals surface area contributed by atoms with Crippen LogP contribution < -0.4 is 0 Å². The van der Waals surface area contributed by atoms with Crippen molar-refractivity contribution in [1.29, 1.82) is 0 Å². The zero-order valence-electron chi connectivity index (χ0n) is 12.6. The van der Waals surface area contributed by atoms with E-state index in [9.17, 15) is 9.59 Å². The second kappa shape index (κ2) is 5.50. The fourth-order valence-corrected chi connectivity index (χ4v) is 3.38. The van der Waals surface area contributed by atoms with Gasteiger partial charge in [-0.05, 0) is 36.6 Å². The number of fused-ring (bicyclic) bond motifs is 1. The smallest absolute Gasteiger partial charge is 0.233 e. The number of carbonyl (C=O) groups is 2. The van der Waals surface area contributed by atoms with E-state index in [-0.39, 0.29) is 23.7 Å². The summed E-state index contributed by atoms with van der Waals surface area (Å²) < 4.78 is 1.77. The van der Waals surface area contributed by atoms with Crippen LogP contribution in [0.1, 0.15) is 18.4 Å². The van der Waals surface area contributed by atoms with E-state index in [2.05, 4.69) is 5.10 Å². The lowest BCUT2D eigenvalue weighted by atomic mass is 9.85. The lowest BCUT2D eigenvalue weighted by Crippen LogP contribution is -2.30. The van der Waals surface area contributed by atoms with E-state index in [4.69, 9.17) is 0 Å². The largest absolute Gasteiger partial charge is 0.278 e. The number of rotatable bonds is 3. The lowest BCUT2D eigenvalue weighted by Gasteiger charge is -2.15. The van der Waals surface area contributed by atoms with Crippen LogP contribution in [-0.2, 0) is 16.1 Å². The van der Waals surface area contributed by atoms with Gasteiger partial charge in [0, 0.05) is 12.4 Å². The van der Waals surface area contributed by atoms with Gasteiger partial charge in [0.1, 0.15) is 0 Å². The van der Waals surface area contributed by atoms with Crippen LogP contribution in [0, 0.1) is 11.8 Å². The van der Waals surface area contributed by atoms with Gasteiger partial charge in [-0.1, -0.05) is 24.3 Å². The molecule has 1 aromatic carbocycles. The van der Waals surface area contributed by atoms with Gasteiger partial charge in [0.05, 0.1) is 24.1 Å². The summed E-state index contributed by atoms with van der Waals surface area (Å²) in [6.45, 7) is 0.351. The molecule has 1 fully saturated rings. The van der Waals surface area contributed by atoms with Gasteiger partial charge in [-0.15, -0.1) is 0 Å². The maximum atomic E-state index is 12.5. The van der Waals surface area contributed by atoms with Crippen LogP contribution in [0.3, 0.4) is 0 Å². The number of aromatic nitrogens is 2. The fourth-order valence-electron chi connectivity index (χ4n) is 3.38. The Morgan fingerprint density at radius 3 is 2.22 bits per heavy atom. The standard InChI is InChI=1S/C18H17N3O2/c22-17-15-4-1-2-5-16(15)18(23)20(17)12-13-6-8-14(9-7-13)21-11-3-10-19-21/h1-3,6-11,15-16H,4-5,12H2/t15-,16-/m0/s1. The number of hydrogen-bond acceptors (Lipinski definition) is 3. The third-order valence-corrected chi connectivity index (χ3v) is 4.64. The highest BCUT2D eigenvalue weighted by Gasteiger charge is 2.46. The first kappa shape index (κ1) is 13.9. The minimum absolute atomic E-state index is 0.0273. The third kappa shape index (κ3) is 2.38. The summed E-state index contributed by atoms with van der Waals surface area (Å²) >= 11 is 0. The zero-order chi connectivity index (χ0) is 15.8. The number of amides is 2. The van der Waals surface area contributed by atoms with Crippen molar-refractivity contribution in [3.05, 3.63) is 60.4 Å². The van der Waals surface area contributed by atoms with Crippen molar-refractivity contribution in [2.24, 2.45) is 11.8 Å². The SMILES string of the molecule is O=C1[C@H]2CC=CC[C@@H]2C(=O)N1Cc1ccc(-n2cccn2)cc1. The van der Waals surface area contributed by atoms with E-state index < -0.39 is 0 Å². The highest BCUT2D eigenvalue weighted by atomic mass is 16.2. The Labute approximate surface area is 134 Å². The molecule has 1 aromatic heterocycles. The average molecular weight is 307 g/mol. The zero-order valence-corrected chi connectivity index (χ0v) is 12.6. The molecule has 0 bridgehead atoms. The van der Waals surface area contributed by atoms with Gasteiger partial charge >= 0.3 is 0 Å². The van der Waals surface area contributed by atoms with Gasteiger partial charge in [-0.25, -0.2) is 4.68 Å². The van der Waals surface area contributed by atoms with Gasteiger partial charge in [0.2, 0.25) is 11.8 Å². The molecule has 2 atom stereocenters. The first-order valence-corrected chi connectivity index (χ1v) is 7.83. The van der Waals surface area contributed by atoms with Gasteiger partial charge in [0.15, 0.2) is 0 Å². The summed E-state index contributed by atoms with van der Waals surface area (Å²) in [6.07, 6.45) is 8.99. The number of benzene rings is 1. The van der Waals surface area contributed by atoms with Crippen LogP contribution in [0.15, 0.2) is 54.9 Å². The Balaban J connectivity index is 1.52. The van der Waals surface area contributed by atoms with Crippen molar-refractivity contribution < 1.29 is 9.59 Å². The molecule has 1 aliphatic heterocycles. The summed E-state index contributed by atoms with van der Waals surface area (Å²) in [6, 6.07) is 9.64. The van der Waals surface area contributed by atoms with Crippen molar-refractivity contribution in [1.82, 2.24) is 14.7 Å². The summed E-state index contributed by atoms with van der Waals surface area (Å²) in [5.74, 6) is -0.368. The van der Waals surface area contributed by atoms with E-state index in [1.807, 2.05) is 48.7 Å². The number of allylic oxidation sites excluding steroid dienone is 2. The molecule has 1 aliphatic carbocycles.